The summed E-state index contributed by atoms with van der Waals surface area (Å²) in [6.45, 7) is 0.577. The van der Waals surface area contributed by atoms with Crippen molar-refractivity contribution in [3.63, 3.8) is 0 Å². The van der Waals surface area contributed by atoms with Gasteiger partial charge in [0.25, 0.3) is 0 Å². The average Bonchev–Trinajstić information content (AvgIpc) is 3.09. The van der Waals surface area contributed by atoms with Gasteiger partial charge in [-0.2, -0.15) is 0 Å². The Morgan fingerprint density at radius 2 is 2.11 bits per heavy atom. The minimum atomic E-state index is -1.33. The minimum absolute atomic E-state index is 0.00626. The van der Waals surface area contributed by atoms with Crippen molar-refractivity contribution in [1.82, 2.24) is 25.1 Å². The van der Waals surface area contributed by atoms with Crippen LogP contribution in [0.5, 0.6) is 11.5 Å². The number of amides is 1. The van der Waals surface area contributed by atoms with Crippen LogP contribution in [0.1, 0.15) is 15.9 Å². The van der Waals surface area contributed by atoms with Crippen molar-refractivity contribution >= 4 is 19.0 Å². The first-order valence-electron chi connectivity index (χ1n) is 8.16. The molecular formula is C15H16BN5O6. The third-order valence-electron chi connectivity index (χ3n) is 4.15. The molecule has 11 nitrogen and oxygen atoms in total. The summed E-state index contributed by atoms with van der Waals surface area (Å²) in [4.78, 5) is 25.1. The Kier molecular flexibility index (Phi) is 5.43. The van der Waals surface area contributed by atoms with E-state index in [1.54, 1.807) is 0 Å². The number of aromatic hydroxyl groups is 1. The fourth-order valence-corrected chi connectivity index (χ4v) is 2.72. The maximum absolute atomic E-state index is 12.1. The number of phenols is 1. The molecule has 27 heavy (non-hydrogen) atoms. The number of carbonyl (C=O) groups is 2. The van der Waals surface area contributed by atoms with Crippen LogP contribution in [-0.2, 0) is 22.5 Å². The molecule has 0 radical (unpaired) electrons. The van der Waals surface area contributed by atoms with E-state index in [-0.39, 0.29) is 55.7 Å². The van der Waals surface area contributed by atoms with Gasteiger partial charge in [-0.1, -0.05) is 0 Å². The predicted octanol–water partition coefficient (Wildman–Crippen LogP) is -0.623. The molecule has 1 aliphatic heterocycles. The molecule has 1 saturated heterocycles. The number of ether oxygens (including phenoxy) is 1. The normalized spacial score (nSPS) is 13.7. The van der Waals surface area contributed by atoms with Crippen LogP contribution < -0.4 is 4.74 Å². The number of rotatable bonds is 8. The number of likely N-dealkylation sites (tertiary alicyclic amines) is 1. The summed E-state index contributed by atoms with van der Waals surface area (Å²) in [7, 11) is 0.694. The second-order valence-electron chi connectivity index (χ2n) is 6.00. The van der Waals surface area contributed by atoms with Crippen molar-refractivity contribution in [1.29, 1.82) is 0 Å². The molecule has 2 heterocycles. The molecule has 0 aliphatic carbocycles. The van der Waals surface area contributed by atoms with Crippen LogP contribution in [0.3, 0.4) is 0 Å². The van der Waals surface area contributed by atoms with E-state index in [4.69, 9.17) is 4.74 Å². The summed E-state index contributed by atoms with van der Waals surface area (Å²) in [6.07, 6.45) is 1.35. The predicted molar refractivity (Wildman–Crippen MR) is 88.8 cm³/mol. The van der Waals surface area contributed by atoms with Gasteiger partial charge in [0, 0.05) is 0 Å². The second-order valence-corrected chi connectivity index (χ2v) is 6.00. The van der Waals surface area contributed by atoms with Crippen LogP contribution in [0.4, 0.5) is 0 Å². The Bertz CT molecular complexity index is 853. The number of tetrazole rings is 1. The maximum atomic E-state index is 12.1. The van der Waals surface area contributed by atoms with Gasteiger partial charge >= 0.3 is 126 Å². The Balaban J connectivity index is 1.63. The van der Waals surface area contributed by atoms with Gasteiger partial charge in [-0.05, 0) is 10.4 Å². The molecule has 1 aromatic heterocycles. The standard InChI is InChI=1S/C15H16BN5O6/c22-12(7-21-8-17-18-19-21)20-5-10(6-20)27-11-2-1-9(3-4-16-26)14(23)13(11)15(24)25/h1-2,8,10,23H,3-7H2,(H,24,25). The number of hydrogen-bond acceptors (Lipinski definition) is 8. The van der Waals surface area contributed by atoms with E-state index < -0.39 is 11.7 Å². The van der Waals surface area contributed by atoms with E-state index >= 15 is 0 Å². The number of carboxylic acid groups (broad SMARTS) is 1. The number of aryl methyl sites for hydroxylation is 1. The van der Waals surface area contributed by atoms with Gasteiger partial charge in [0.2, 0.25) is 0 Å². The molecule has 12 heteroatoms. The summed E-state index contributed by atoms with van der Waals surface area (Å²) in [5.41, 5.74) is 0.00979. The van der Waals surface area contributed by atoms with Crippen LogP contribution in [0, 0.1) is 0 Å². The third kappa shape index (κ3) is 4.10. The molecule has 0 spiro atoms. The second kappa shape index (κ2) is 7.93. The zero-order valence-corrected chi connectivity index (χ0v) is 14.2. The van der Waals surface area contributed by atoms with Gasteiger partial charge in [0.15, 0.2) is 0 Å². The number of carbonyl (C=O) groups excluding carboxylic acids is 1. The molecule has 0 saturated carbocycles. The summed E-state index contributed by atoms with van der Waals surface area (Å²) in [6, 6.07) is 2.98. The van der Waals surface area contributed by atoms with E-state index in [2.05, 4.69) is 15.5 Å². The van der Waals surface area contributed by atoms with Crippen molar-refractivity contribution in [3.05, 3.63) is 29.6 Å². The SMILES string of the molecule is O=BCCc1ccc(OC2CN(C(=O)Cn3cnnn3)C2)c(C(=O)O)c1O. The van der Waals surface area contributed by atoms with Crippen molar-refractivity contribution in [2.75, 3.05) is 13.1 Å². The van der Waals surface area contributed by atoms with Crippen LogP contribution in [-0.4, -0.2) is 73.5 Å². The van der Waals surface area contributed by atoms with Crippen LogP contribution in [0.2, 0.25) is 6.32 Å². The summed E-state index contributed by atoms with van der Waals surface area (Å²) >= 11 is 0. The van der Waals surface area contributed by atoms with Crippen molar-refractivity contribution in [2.24, 2.45) is 0 Å². The zero-order chi connectivity index (χ0) is 19.4. The number of nitrogens with zero attached hydrogens (tertiary/aromatic N) is 5. The number of aromatic carboxylic acids is 1. The molecule has 1 aliphatic rings. The van der Waals surface area contributed by atoms with Crippen molar-refractivity contribution in [2.45, 2.75) is 25.4 Å². The van der Waals surface area contributed by atoms with Crippen LogP contribution in [0.15, 0.2) is 18.5 Å². The van der Waals surface area contributed by atoms with E-state index in [0.717, 1.165) is 0 Å². The molecule has 1 aromatic carbocycles. The Morgan fingerprint density at radius 3 is 2.74 bits per heavy atom. The molecule has 0 bridgehead atoms. The molecule has 0 unspecified atom stereocenters. The van der Waals surface area contributed by atoms with E-state index in [0.29, 0.717) is 12.7 Å². The molecule has 2 N–H and O–H groups in total. The summed E-state index contributed by atoms with van der Waals surface area (Å²) in [5.74, 6) is -1.91. The summed E-state index contributed by atoms with van der Waals surface area (Å²) < 4.78 is 17.4. The van der Waals surface area contributed by atoms with Crippen LogP contribution in [0.25, 0.3) is 0 Å². The molecule has 140 valence electrons. The topological polar surface area (TPSA) is 148 Å². The third-order valence-corrected chi connectivity index (χ3v) is 4.15. The Labute approximate surface area is 153 Å². The van der Waals surface area contributed by atoms with Gasteiger partial charge in [0.05, 0.1) is 0 Å². The van der Waals surface area contributed by atoms with Crippen LogP contribution >= 0.6 is 0 Å². The van der Waals surface area contributed by atoms with Gasteiger partial charge in [0.1, 0.15) is 6.33 Å². The van der Waals surface area contributed by atoms with Crippen molar-refractivity contribution in [3.8, 4) is 11.5 Å². The quantitative estimate of drug-likeness (QED) is 0.577. The first-order chi connectivity index (χ1) is 13.0. The molecule has 3 rings (SSSR count). The Hall–Kier alpha value is -3.31. The number of carboxylic acids is 1. The first-order valence-corrected chi connectivity index (χ1v) is 8.16. The molecule has 1 fully saturated rings. The summed E-state index contributed by atoms with van der Waals surface area (Å²) in [5, 5.41) is 30.1. The van der Waals surface area contributed by atoms with E-state index in [1.807, 2.05) is 0 Å². The van der Waals surface area contributed by atoms with Crippen molar-refractivity contribution < 1.29 is 29.2 Å². The van der Waals surface area contributed by atoms with Gasteiger partial charge in [-0.15, -0.1) is 5.10 Å². The monoisotopic (exact) mass is 373 g/mol. The van der Waals surface area contributed by atoms with Gasteiger partial charge in [-0.3, -0.25) is 0 Å². The number of hydrogen-bond donors (Lipinski definition) is 2. The fraction of sp³-hybridized carbons (Fsp3) is 0.400. The average molecular weight is 373 g/mol. The van der Waals surface area contributed by atoms with Gasteiger partial charge in [-0.25, -0.2) is 4.68 Å². The van der Waals surface area contributed by atoms with E-state index in [1.165, 1.54) is 28.0 Å². The fourth-order valence-electron chi connectivity index (χ4n) is 2.72. The Morgan fingerprint density at radius 1 is 1.33 bits per heavy atom. The first kappa shape index (κ1) is 18.5. The van der Waals surface area contributed by atoms with Gasteiger partial charge < -0.3 is 0 Å². The molecule has 1 amide bonds. The zero-order valence-electron chi connectivity index (χ0n) is 14.2. The molecule has 0 atom stereocenters. The number of aromatic nitrogens is 4. The molecular weight excluding hydrogens is 357 g/mol. The number of benzene rings is 1. The van der Waals surface area contributed by atoms with E-state index in [9.17, 15) is 24.5 Å². The molecule has 2 aromatic rings.